The number of rotatable bonds is 7. The number of carbonyl (C=O) groups excluding carboxylic acids is 1. The van der Waals surface area contributed by atoms with E-state index in [1.807, 2.05) is 6.92 Å². The van der Waals surface area contributed by atoms with Gasteiger partial charge in [0, 0.05) is 46.4 Å². The largest absolute Gasteiger partial charge is 0.383 e. The third-order valence-corrected chi connectivity index (χ3v) is 5.24. The van der Waals surface area contributed by atoms with Gasteiger partial charge in [-0.05, 0) is 25.7 Å². The second-order valence-corrected chi connectivity index (χ2v) is 6.80. The zero-order valence-corrected chi connectivity index (χ0v) is 14.4. The molecule has 5 heteroatoms. The van der Waals surface area contributed by atoms with E-state index in [9.17, 15) is 4.79 Å². The summed E-state index contributed by atoms with van der Waals surface area (Å²) in [7, 11) is 1.75. The van der Waals surface area contributed by atoms with Crippen LogP contribution in [0.3, 0.4) is 0 Å². The van der Waals surface area contributed by atoms with Crippen molar-refractivity contribution in [2.75, 3.05) is 53.0 Å². The van der Waals surface area contributed by atoms with Gasteiger partial charge in [0.2, 0.25) is 5.91 Å². The van der Waals surface area contributed by atoms with Crippen LogP contribution in [0.5, 0.6) is 0 Å². The Hall–Kier alpha value is -0.650. The van der Waals surface area contributed by atoms with Gasteiger partial charge in [0.05, 0.1) is 12.6 Å². The van der Waals surface area contributed by atoms with Gasteiger partial charge in [-0.2, -0.15) is 0 Å². The van der Waals surface area contributed by atoms with E-state index in [-0.39, 0.29) is 11.9 Å². The van der Waals surface area contributed by atoms with Crippen molar-refractivity contribution in [1.82, 2.24) is 15.1 Å². The molecule has 1 N–H and O–H groups in total. The number of nitrogens with one attached hydrogen (secondary N) is 1. The van der Waals surface area contributed by atoms with Crippen LogP contribution >= 0.6 is 0 Å². The third kappa shape index (κ3) is 5.52. The van der Waals surface area contributed by atoms with Crippen LogP contribution < -0.4 is 5.32 Å². The third-order valence-electron chi connectivity index (χ3n) is 5.24. The van der Waals surface area contributed by atoms with E-state index in [0.717, 1.165) is 45.9 Å². The van der Waals surface area contributed by atoms with E-state index in [1.54, 1.807) is 7.11 Å². The van der Waals surface area contributed by atoms with E-state index in [1.165, 1.54) is 32.1 Å². The van der Waals surface area contributed by atoms with Gasteiger partial charge in [0.1, 0.15) is 0 Å². The minimum atomic E-state index is -0.00633. The average Bonchev–Trinajstić information content (AvgIpc) is 2.58. The Bertz CT molecular complexity index is 324. The molecular formula is C17H33N3O2. The molecule has 128 valence electrons. The van der Waals surface area contributed by atoms with Crippen molar-refractivity contribution in [3.05, 3.63) is 0 Å². The van der Waals surface area contributed by atoms with Crippen LogP contribution in [0, 0.1) is 5.92 Å². The first kappa shape index (κ1) is 17.7. The summed E-state index contributed by atoms with van der Waals surface area (Å²) in [4.78, 5) is 17.1. The molecule has 1 aliphatic heterocycles. The number of piperazine rings is 1. The summed E-state index contributed by atoms with van der Waals surface area (Å²) < 4.78 is 5.13. The average molecular weight is 311 g/mol. The van der Waals surface area contributed by atoms with E-state index >= 15 is 0 Å². The monoisotopic (exact) mass is 311 g/mol. The van der Waals surface area contributed by atoms with Crippen molar-refractivity contribution in [1.29, 1.82) is 0 Å². The summed E-state index contributed by atoms with van der Waals surface area (Å²) in [6.07, 6.45) is 6.60. The molecule has 0 bridgehead atoms. The summed E-state index contributed by atoms with van der Waals surface area (Å²) in [5.74, 6) is 0.909. The highest BCUT2D eigenvalue weighted by atomic mass is 16.5. The maximum Gasteiger partial charge on any atom is 0.237 e. The number of amides is 1. The Morgan fingerprint density at radius 1 is 1.18 bits per heavy atom. The van der Waals surface area contributed by atoms with Crippen molar-refractivity contribution in [3.8, 4) is 0 Å². The van der Waals surface area contributed by atoms with Gasteiger partial charge in [0.25, 0.3) is 0 Å². The van der Waals surface area contributed by atoms with Crippen LogP contribution in [0.1, 0.15) is 39.0 Å². The Balaban J connectivity index is 1.65. The molecule has 22 heavy (non-hydrogen) atoms. The second-order valence-electron chi connectivity index (χ2n) is 6.80. The first-order chi connectivity index (χ1) is 10.7. The minimum absolute atomic E-state index is 0.00633. The summed E-state index contributed by atoms with van der Waals surface area (Å²) in [5, 5.41) is 3.18. The van der Waals surface area contributed by atoms with Gasteiger partial charge < -0.3 is 10.1 Å². The molecular weight excluding hydrogens is 278 g/mol. The van der Waals surface area contributed by atoms with E-state index in [2.05, 4.69) is 15.1 Å². The molecule has 2 fully saturated rings. The van der Waals surface area contributed by atoms with Gasteiger partial charge >= 0.3 is 0 Å². The fraction of sp³-hybridized carbons (Fsp3) is 0.941. The van der Waals surface area contributed by atoms with Crippen molar-refractivity contribution in [3.63, 3.8) is 0 Å². The van der Waals surface area contributed by atoms with Crippen LogP contribution in [0.2, 0.25) is 0 Å². The van der Waals surface area contributed by atoms with Crippen LogP contribution in [-0.2, 0) is 9.53 Å². The molecule has 0 spiro atoms. The molecule has 0 aromatic carbocycles. The molecule has 2 rings (SSSR count). The Labute approximate surface area is 135 Å². The minimum Gasteiger partial charge on any atom is -0.383 e. The summed E-state index contributed by atoms with van der Waals surface area (Å²) in [5.41, 5.74) is 0. The number of hydrogen-bond donors (Lipinski definition) is 1. The van der Waals surface area contributed by atoms with Gasteiger partial charge in [-0.25, -0.2) is 0 Å². The first-order valence-electron chi connectivity index (χ1n) is 8.93. The summed E-state index contributed by atoms with van der Waals surface area (Å²) in [6.45, 7) is 8.71. The van der Waals surface area contributed by atoms with E-state index < -0.39 is 0 Å². The maximum atomic E-state index is 12.4. The van der Waals surface area contributed by atoms with Gasteiger partial charge in [-0.1, -0.05) is 19.3 Å². The molecule has 1 heterocycles. The zero-order valence-electron chi connectivity index (χ0n) is 14.4. The molecule has 0 aromatic heterocycles. The zero-order chi connectivity index (χ0) is 15.8. The van der Waals surface area contributed by atoms with Crippen molar-refractivity contribution in [2.24, 2.45) is 5.92 Å². The highest BCUT2D eigenvalue weighted by Gasteiger charge is 2.25. The van der Waals surface area contributed by atoms with E-state index in [0.29, 0.717) is 5.92 Å². The van der Waals surface area contributed by atoms with Crippen LogP contribution in [0.25, 0.3) is 0 Å². The predicted molar refractivity (Wildman–Crippen MR) is 88.9 cm³/mol. The Morgan fingerprint density at radius 2 is 1.86 bits per heavy atom. The van der Waals surface area contributed by atoms with Crippen LogP contribution in [-0.4, -0.2) is 74.7 Å². The molecule has 0 unspecified atom stereocenters. The van der Waals surface area contributed by atoms with Crippen LogP contribution in [0.4, 0.5) is 0 Å². The fourth-order valence-corrected chi connectivity index (χ4v) is 3.54. The lowest BCUT2D eigenvalue weighted by molar-refractivity contribution is -0.126. The first-order valence-corrected chi connectivity index (χ1v) is 8.93. The quantitative estimate of drug-likeness (QED) is 0.770. The number of hydrogen-bond acceptors (Lipinski definition) is 4. The van der Waals surface area contributed by atoms with Crippen molar-refractivity contribution >= 4 is 5.91 Å². The molecule has 1 aliphatic carbocycles. The highest BCUT2D eigenvalue weighted by molar-refractivity contribution is 5.81. The normalized spacial score (nSPS) is 23.4. The molecule has 0 aromatic rings. The number of carbonyl (C=O) groups is 1. The van der Waals surface area contributed by atoms with Crippen LogP contribution in [0.15, 0.2) is 0 Å². The van der Waals surface area contributed by atoms with Gasteiger partial charge in [-0.15, -0.1) is 0 Å². The summed E-state index contributed by atoms with van der Waals surface area (Å²) >= 11 is 0. The number of nitrogens with zero attached hydrogens (tertiary/aromatic N) is 2. The lowest BCUT2D eigenvalue weighted by Gasteiger charge is -2.37. The fourth-order valence-electron chi connectivity index (χ4n) is 3.54. The lowest BCUT2D eigenvalue weighted by atomic mass is 9.89. The Kier molecular flexibility index (Phi) is 7.63. The van der Waals surface area contributed by atoms with Crippen molar-refractivity contribution in [2.45, 2.75) is 45.1 Å². The number of ether oxygens (including phenoxy) is 1. The smallest absolute Gasteiger partial charge is 0.237 e. The topological polar surface area (TPSA) is 44.8 Å². The van der Waals surface area contributed by atoms with E-state index in [4.69, 9.17) is 4.74 Å². The van der Waals surface area contributed by atoms with Gasteiger partial charge in [0.15, 0.2) is 0 Å². The summed E-state index contributed by atoms with van der Waals surface area (Å²) in [6, 6.07) is -0.00633. The molecule has 5 nitrogen and oxygen atoms in total. The maximum absolute atomic E-state index is 12.4. The highest BCUT2D eigenvalue weighted by Crippen LogP contribution is 2.22. The molecule has 2 aliphatic rings. The number of methoxy groups -OCH3 is 1. The molecule has 1 saturated carbocycles. The van der Waals surface area contributed by atoms with Crippen molar-refractivity contribution < 1.29 is 9.53 Å². The molecule has 1 atom stereocenters. The Morgan fingerprint density at radius 3 is 2.50 bits per heavy atom. The van der Waals surface area contributed by atoms with Gasteiger partial charge in [-0.3, -0.25) is 14.6 Å². The lowest BCUT2D eigenvalue weighted by Crippen LogP contribution is -2.54. The molecule has 1 saturated heterocycles. The SMILES string of the molecule is COCCN1CCN([C@@H](C)C(=O)NCC2CCCCC2)CC1. The molecule has 1 amide bonds. The second kappa shape index (κ2) is 9.48. The predicted octanol–water partition coefficient (Wildman–Crippen LogP) is 1.34. The molecule has 0 radical (unpaired) electrons. The standard InChI is InChI=1S/C17H33N3O2/c1-15(17(21)18-14-16-6-4-3-5-7-16)20-10-8-19(9-11-20)12-13-22-2/h15-16H,3-14H2,1-2H3,(H,18,21)/t15-/m0/s1.